The van der Waals surface area contributed by atoms with Crippen LogP contribution in [-0.2, 0) is 50.5 Å². The van der Waals surface area contributed by atoms with Gasteiger partial charge in [0, 0.05) is 11.8 Å². The Morgan fingerprint density at radius 3 is 2.05 bits per heavy atom. The molecule has 0 saturated heterocycles. The van der Waals surface area contributed by atoms with E-state index in [9.17, 15) is 0 Å². The maximum atomic E-state index is 6.81. The van der Waals surface area contributed by atoms with Gasteiger partial charge >= 0.3 is 248 Å². The molecule has 0 N–H and O–H groups in total. The fourth-order valence-electron chi connectivity index (χ4n) is 9.27. The van der Waals surface area contributed by atoms with Gasteiger partial charge in [0.1, 0.15) is 0 Å². The third-order valence-electron chi connectivity index (χ3n) is 12.5. The second-order valence-electron chi connectivity index (χ2n) is 17.5. The van der Waals surface area contributed by atoms with Crippen molar-refractivity contribution >= 4 is 27.3 Å². The predicted molar refractivity (Wildman–Crippen MR) is 249 cm³/mol. The van der Waals surface area contributed by atoms with E-state index >= 15 is 0 Å². The third kappa shape index (κ3) is 6.95. The monoisotopic (exact) mass is 985 g/mol. The molecule has 0 atom stereocenters. The molecule has 6 heteroatoms. The van der Waals surface area contributed by atoms with E-state index in [2.05, 4.69) is 230 Å². The van der Waals surface area contributed by atoms with Crippen molar-refractivity contribution in [2.45, 2.75) is 51.9 Å². The quantitative estimate of drug-likeness (QED) is 0.166. The van der Waals surface area contributed by atoms with Gasteiger partial charge in [0.15, 0.2) is 0 Å². The van der Waals surface area contributed by atoms with Crippen LogP contribution in [0.15, 0.2) is 176 Å². The first-order valence-corrected chi connectivity index (χ1v) is 22.7. The van der Waals surface area contributed by atoms with Crippen molar-refractivity contribution in [3.63, 3.8) is 0 Å². The zero-order chi connectivity index (χ0) is 42.0. The molecule has 0 unspecified atom stereocenters. The van der Waals surface area contributed by atoms with Crippen LogP contribution in [0.3, 0.4) is 0 Å². The SMILES string of the molecule is CC(C)(C)c1cc(-n2c3ccc(-c4ccccc4)cc3c3ccc(Oc4cccc(-n5cc6c7ccc(n6[c]5=[Pt])CCc5ccc(cc5)CC7)c4)cc32)ncc1-c1ccccc1. The van der Waals surface area contributed by atoms with Crippen LogP contribution in [0.2, 0.25) is 0 Å². The van der Waals surface area contributed by atoms with E-state index in [0.717, 1.165) is 74.5 Å². The molecule has 4 aliphatic rings. The van der Waals surface area contributed by atoms with Crippen LogP contribution in [-0.4, -0.2) is 18.5 Å². The molecular formula is C56H46N4OPt. The molecule has 6 heterocycles. The van der Waals surface area contributed by atoms with Crippen LogP contribution in [0.5, 0.6) is 11.5 Å². The van der Waals surface area contributed by atoms with Gasteiger partial charge in [-0.1, -0.05) is 87.5 Å². The van der Waals surface area contributed by atoms with E-state index in [1.165, 1.54) is 55.5 Å². The van der Waals surface area contributed by atoms with Crippen molar-refractivity contribution in [1.29, 1.82) is 0 Å². The van der Waals surface area contributed by atoms with Crippen molar-refractivity contribution in [2.75, 3.05) is 0 Å². The Labute approximate surface area is 373 Å². The standard InChI is InChI=1S/C56H46N4O.Pt/c1-56(2,3)51-34-55(57-35-50(51)41-13-8-5-9-14-41)60-52-30-25-43(40-11-6-4-7-12-40)31-49(52)48-29-28-47(33-53(48)60)61-46-16-10-15-45(32-46)58-36-54-42-23-21-38-17-19-39(20-18-38)22-26-44(27-24-42)59(54)37-58;/h4-20,24-25,27-36H,21-23,26H2,1-3H3;. The Balaban J connectivity index is 1.01. The Bertz CT molecular complexity index is 3370. The molecule has 14 rings (SSSR count). The van der Waals surface area contributed by atoms with Crippen molar-refractivity contribution < 1.29 is 24.1 Å². The first-order valence-electron chi connectivity index (χ1n) is 21.5. The number of ether oxygens (including phenoxy) is 1. The van der Waals surface area contributed by atoms with E-state index < -0.39 is 0 Å². The van der Waals surface area contributed by atoms with Gasteiger partial charge in [-0.2, -0.15) is 0 Å². The van der Waals surface area contributed by atoms with E-state index in [1.807, 2.05) is 0 Å². The first kappa shape index (κ1) is 38.4. The number of nitrogens with zero attached hydrogens (tertiary/aromatic N) is 4. The van der Waals surface area contributed by atoms with E-state index in [4.69, 9.17) is 9.72 Å². The normalized spacial score (nSPS) is 12.9. The van der Waals surface area contributed by atoms with Crippen LogP contribution < -0.4 is 4.74 Å². The molecule has 0 saturated carbocycles. The summed E-state index contributed by atoms with van der Waals surface area (Å²) in [6.07, 6.45) is 8.35. The minimum absolute atomic E-state index is 0.118. The molecule has 5 nitrogen and oxygen atoms in total. The number of pyridine rings is 2. The zero-order valence-electron chi connectivity index (χ0n) is 35.1. The molecule has 0 fully saturated rings. The smallest absolute Gasteiger partial charge is 0.0622 e. The molecule has 2 aliphatic heterocycles. The maximum absolute atomic E-state index is 6.81. The molecule has 10 aromatic rings. The molecule has 4 aromatic heterocycles. The number of aromatic nitrogens is 4. The molecule has 4 bridgehead atoms. The Kier molecular flexibility index (Phi) is 9.54. The van der Waals surface area contributed by atoms with Crippen LogP contribution in [0.4, 0.5) is 0 Å². The van der Waals surface area contributed by atoms with Gasteiger partial charge < -0.3 is 0 Å². The average Bonchev–Trinajstić information content (AvgIpc) is 3.82. The van der Waals surface area contributed by atoms with Crippen LogP contribution in [0, 0.1) is 3.80 Å². The van der Waals surface area contributed by atoms with E-state index in [-0.39, 0.29) is 5.41 Å². The summed E-state index contributed by atoms with van der Waals surface area (Å²) in [4.78, 5) is 5.20. The number of imidazole rings is 1. The molecular weight excluding hydrogens is 940 g/mol. The van der Waals surface area contributed by atoms with Crippen molar-refractivity contribution in [3.8, 4) is 45.3 Å². The molecule has 2 aliphatic carbocycles. The number of fused-ring (bicyclic) bond motifs is 3. The second kappa shape index (κ2) is 15.4. The van der Waals surface area contributed by atoms with Crippen LogP contribution >= 0.6 is 0 Å². The summed E-state index contributed by atoms with van der Waals surface area (Å²) in [5.41, 5.74) is 15.7. The number of benzene rings is 6. The Morgan fingerprint density at radius 1 is 0.565 bits per heavy atom. The molecule has 0 spiro atoms. The van der Waals surface area contributed by atoms with Crippen molar-refractivity contribution in [3.05, 3.63) is 208 Å². The summed E-state index contributed by atoms with van der Waals surface area (Å²) in [6, 6.07) is 59.1. The van der Waals surface area contributed by atoms with Gasteiger partial charge in [-0.3, -0.25) is 0 Å². The van der Waals surface area contributed by atoms with Crippen molar-refractivity contribution in [2.24, 2.45) is 0 Å². The second-order valence-corrected chi connectivity index (χ2v) is 18.6. The molecule has 0 radical (unpaired) electrons. The van der Waals surface area contributed by atoms with Gasteiger partial charge in [0.2, 0.25) is 0 Å². The topological polar surface area (TPSA) is 36.4 Å². The van der Waals surface area contributed by atoms with Gasteiger partial charge in [-0.05, 0) is 27.7 Å². The molecule has 306 valence electrons. The molecule has 6 aromatic carbocycles. The van der Waals surface area contributed by atoms with Crippen LogP contribution in [0.25, 0.3) is 61.1 Å². The minimum atomic E-state index is -0.118. The fourth-order valence-corrected chi connectivity index (χ4v) is 10.3. The summed E-state index contributed by atoms with van der Waals surface area (Å²) in [5.74, 6) is 2.43. The summed E-state index contributed by atoms with van der Waals surface area (Å²) in [5, 5.41) is 2.32. The zero-order valence-corrected chi connectivity index (χ0v) is 37.4. The van der Waals surface area contributed by atoms with Gasteiger partial charge in [0.25, 0.3) is 0 Å². The summed E-state index contributed by atoms with van der Waals surface area (Å²) >= 11 is 2.50. The van der Waals surface area contributed by atoms with Crippen LogP contribution in [0.1, 0.15) is 48.7 Å². The van der Waals surface area contributed by atoms with E-state index in [0.29, 0.717) is 0 Å². The number of hydrogen-bond donors (Lipinski definition) is 0. The summed E-state index contributed by atoms with van der Waals surface area (Å²) < 4.78 is 15.0. The number of rotatable bonds is 6. The van der Waals surface area contributed by atoms with Gasteiger partial charge in [-0.15, -0.1) is 0 Å². The summed E-state index contributed by atoms with van der Waals surface area (Å²) in [7, 11) is 0. The van der Waals surface area contributed by atoms with Gasteiger partial charge in [-0.25, -0.2) is 0 Å². The fraction of sp³-hybridized carbons (Fsp3) is 0.143. The van der Waals surface area contributed by atoms with E-state index in [1.54, 1.807) is 0 Å². The Morgan fingerprint density at radius 2 is 1.29 bits per heavy atom. The van der Waals surface area contributed by atoms with Crippen molar-refractivity contribution in [1.82, 2.24) is 18.5 Å². The molecule has 0 amide bonds. The average molecular weight is 986 g/mol. The molecule has 62 heavy (non-hydrogen) atoms. The Hall–Kier alpha value is -6.55. The van der Waals surface area contributed by atoms with Gasteiger partial charge in [0.05, 0.1) is 0 Å². The number of aryl methyl sites for hydroxylation is 4. The summed E-state index contributed by atoms with van der Waals surface area (Å²) in [6.45, 7) is 6.84. The first-order chi connectivity index (χ1) is 30.2. The third-order valence-corrected chi connectivity index (χ3v) is 13.6. The predicted octanol–water partition coefficient (Wildman–Crippen LogP) is 13.6. The minimum Gasteiger partial charge on any atom is -0.0622 e. The number of hydrogen-bond acceptors (Lipinski definition) is 2.